The van der Waals surface area contributed by atoms with Gasteiger partial charge in [-0.2, -0.15) is 4.98 Å². The fourth-order valence-electron chi connectivity index (χ4n) is 2.05. The number of halogens is 1. The number of carbonyl (C=O) groups is 1. The molecule has 0 fully saturated rings. The van der Waals surface area contributed by atoms with Gasteiger partial charge < -0.3 is 10.1 Å². The number of hydrogen-bond donors (Lipinski definition) is 1. The number of nitrogens with one attached hydrogen (secondary N) is 1. The van der Waals surface area contributed by atoms with Gasteiger partial charge in [0.1, 0.15) is 5.82 Å². The molecular weight excluding hydrogens is 336 g/mol. The van der Waals surface area contributed by atoms with Crippen molar-refractivity contribution < 1.29 is 9.53 Å². The Morgan fingerprint density at radius 3 is 2.96 bits per heavy atom. The number of anilines is 2. The quantitative estimate of drug-likeness (QED) is 0.561. The average molecular weight is 349 g/mol. The maximum absolute atomic E-state index is 11.5. The average Bonchev–Trinajstić information content (AvgIpc) is 2.94. The second-order valence-corrected chi connectivity index (χ2v) is 5.81. The zero-order valence-electron chi connectivity index (χ0n) is 12.2. The molecule has 3 rings (SSSR count). The standard InChI is InChI=1S/C15H13ClN4O2S/c1-2-22-12(21)7-9-8-23-15(17-9)20-13-10-5-3-4-6-11(10)18-14(16)19-13/h3-6,8H,2,7H2,1H3,(H,17,18,19,20). The lowest BCUT2D eigenvalue weighted by atomic mass is 10.2. The topological polar surface area (TPSA) is 77.0 Å². The molecule has 8 heteroatoms. The fourth-order valence-corrected chi connectivity index (χ4v) is 2.94. The molecule has 1 aromatic carbocycles. The molecule has 2 aromatic heterocycles. The molecule has 0 amide bonds. The van der Waals surface area contributed by atoms with Gasteiger partial charge in [0.25, 0.3) is 0 Å². The normalized spacial score (nSPS) is 10.7. The lowest BCUT2D eigenvalue weighted by molar-refractivity contribution is -0.142. The van der Waals surface area contributed by atoms with Gasteiger partial charge in [-0.05, 0) is 30.7 Å². The van der Waals surface area contributed by atoms with E-state index in [0.29, 0.717) is 23.3 Å². The highest BCUT2D eigenvalue weighted by Gasteiger charge is 2.11. The van der Waals surface area contributed by atoms with Crippen LogP contribution in [0.3, 0.4) is 0 Å². The molecule has 3 aromatic rings. The van der Waals surface area contributed by atoms with Crippen LogP contribution in [0.2, 0.25) is 5.28 Å². The van der Waals surface area contributed by atoms with Crippen molar-refractivity contribution in [3.05, 3.63) is 40.6 Å². The largest absolute Gasteiger partial charge is 0.466 e. The third kappa shape index (κ3) is 3.75. The van der Waals surface area contributed by atoms with E-state index < -0.39 is 0 Å². The Morgan fingerprint density at radius 1 is 1.30 bits per heavy atom. The van der Waals surface area contributed by atoms with Crippen molar-refractivity contribution in [2.45, 2.75) is 13.3 Å². The summed E-state index contributed by atoms with van der Waals surface area (Å²) in [7, 11) is 0. The highest BCUT2D eigenvalue weighted by atomic mass is 35.5. The number of rotatable bonds is 5. The van der Waals surface area contributed by atoms with Crippen LogP contribution in [0.25, 0.3) is 10.9 Å². The molecule has 0 radical (unpaired) electrons. The Labute approximate surface area is 141 Å². The molecule has 118 valence electrons. The van der Waals surface area contributed by atoms with E-state index in [2.05, 4.69) is 20.3 Å². The first kappa shape index (κ1) is 15.6. The summed E-state index contributed by atoms with van der Waals surface area (Å²) in [6.45, 7) is 2.13. The summed E-state index contributed by atoms with van der Waals surface area (Å²) in [5.41, 5.74) is 1.40. The van der Waals surface area contributed by atoms with Crippen LogP contribution in [0.5, 0.6) is 0 Å². The highest BCUT2D eigenvalue weighted by molar-refractivity contribution is 7.13. The summed E-state index contributed by atoms with van der Waals surface area (Å²) >= 11 is 7.34. The van der Waals surface area contributed by atoms with Gasteiger partial charge >= 0.3 is 5.97 Å². The lowest BCUT2D eigenvalue weighted by Gasteiger charge is -2.06. The predicted octanol–water partition coefficient (Wildman–Crippen LogP) is 3.59. The van der Waals surface area contributed by atoms with Crippen molar-refractivity contribution in [1.82, 2.24) is 15.0 Å². The van der Waals surface area contributed by atoms with Crippen LogP contribution in [0.4, 0.5) is 10.9 Å². The first-order valence-corrected chi connectivity index (χ1v) is 8.21. The number of thiazole rings is 1. The summed E-state index contributed by atoms with van der Waals surface area (Å²) in [5, 5.41) is 6.58. The van der Waals surface area contributed by atoms with Gasteiger partial charge in [0.2, 0.25) is 5.28 Å². The number of aromatic nitrogens is 3. The van der Waals surface area contributed by atoms with E-state index in [9.17, 15) is 4.79 Å². The molecule has 6 nitrogen and oxygen atoms in total. The van der Waals surface area contributed by atoms with E-state index in [1.54, 1.807) is 6.92 Å². The van der Waals surface area contributed by atoms with Crippen molar-refractivity contribution in [2.24, 2.45) is 0 Å². The van der Waals surface area contributed by atoms with Crippen LogP contribution in [-0.2, 0) is 16.0 Å². The maximum atomic E-state index is 11.5. The minimum absolute atomic E-state index is 0.150. The maximum Gasteiger partial charge on any atom is 0.311 e. The van der Waals surface area contributed by atoms with E-state index in [-0.39, 0.29) is 17.7 Å². The molecular formula is C15H13ClN4O2S. The van der Waals surface area contributed by atoms with Gasteiger partial charge in [-0.25, -0.2) is 9.97 Å². The second kappa shape index (κ2) is 6.89. The number of nitrogens with zero attached hydrogens (tertiary/aromatic N) is 3. The molecule has 0 aliphatic carbocycles. The number of fused-ring (bicyclic) bond motifs is 1. The smallest absolute Gasteiger partial charge is 0.311 e. The second-order valence-electron chi connectivity index (χ2n) is 4.61. The van der Waals surface area contributed by atoms with E-state index in [4.69, 9.17) is 16.3 Å². The van der Waals surface area contributed by atoms with Crippen molar-refractivity contribution in [2.75, 3.05) is 11.9 Å². The van der Waals surface area contributed by atoms with Crippen molar-refractivity contribution in [1.29, 1.82) is 0 Å². The van der Waals surface area contributed by atoms with Crippen molar-refractivity contribution in [3.8, 4) is 0 Å². The highest BCUT2D eigenvalue weighted by Crippen LogP contribution is 2.26. The first-order chi connectivity index (χ1) is 11.2. The Kier molecular flexibility index (Phi) is 4.68. The Balaban J connectivity index is 1.83. The van der Waals surface area contributed by atoms with Crippen molar-refractivity contribution in [3.63, 3.8) is 0 Å². The third-order valence-corrected chi connectivity index (χ3v) is 3.96. The Hall–Kier alpha value is -2.25. The van der Waals surface area contributed by atoms with Gasteiger partial charge in [0.15, 0.2) is 5.13 Å². The number of benzene rings is 1. The van der Waals surface area contributed by atoms with E-state index in [1.165, 1.54) is 11.3 Å². The fraction of sp³-hybridized carbons (Fsp3) is 0.200. The number of carbonyl (C=O) groups excluding carboxylic acids is 1. The molecule has 2 heterocycles. The molecule has 0 aliphatic rings. The molecule has 0 spiro atoms. The summed E-state index contributed by atoms with van der Waals surface area (Å²) in [6, 6.07) is 7.55. The van der Waals surface area contributed by atoms with Crippen LogP contribution in [-0.4, -0.2) is 27.5 Å². The van der Waals surface area contributed by atoms with Crippen molar-refractivity contribution >= 4 is 50.8 Å². The molecule has 0 bridgehead atoms. The first-order valence-electron chi connectivity index (χ1n) is 6.95. The van der Waals surface area contributed by atoms with Gasteiger partial charge in [0, 0.05) is 10.8 Å². The third-order valence-electron chi connectivity index (χ3n) is 2.98. The zero-order valence-corrected chi connectivity index (χ0v) is 13.8. The van der Waals surface area contributed by atoms with Crippen LogP contribution < -0.4 is 5.32 Å². The SMILES string of the molecule is CCOC(=O)Cc1csc(Nc2nc(Cl)nc3ccccc23)n1. The molecule has 0 aliphatic heterocycles. The predicted molar refractivity (Wildman–Crippen MR) is 90.3 cm³/mol. The Bertz CT molecular complexity index is 852. The minimum Gasteiger partial charge on any atom is -0.466 e. The lowest BCUT2D eigenvalue weighted by Crippen LogP contribution is -2.07. The van der Waals surface area contributed by atoms with Gasteiger partial charge in [-0.15, -0.1) is 11.3 Å². The van der Waals surface area contributed by atoms with Crippen LogP contribution >= 0.6 is 22.9 Å². The van der Waals surface area contributed by atoms with Crippen LogP contribution in [0.1, 0.15) is 12.6 Å². The zero-order chi connectivity index (χ0) is 16.2. The molecule has 23 heavy (non-hydrogen) atoms. The molecule has 0 atom stereocenters. The summed E-state index contributed by atoms with van der Waals surface area (Å²) in [6.07, 6.45) is 0.150. The van der Waals surface area contributed by atoms with E-state index in [0.717, 1.165) is 10.9 Å². The van der Waals surface area contributed by atoms with Gasteiger partial charge in [0.05, 0.1) is 24.2 Å². The van der Waals surface area contributed by atoms with Gasteiger partial charge in [-0.1, -0.05) is 12.1 Å². The monoisotopic (exact) mass is 348 g/mol. The number of para-hydroxylation sites is 1. The minimum atomic E-state index is -0.292. The van der Waals surface area contributed by atoms with Crippen LogP contribution in [0.15, 0.2) is 29.6 Å². The molecule has 1 N–H and O–H groups in total. The number of ether oxygens (including phenoxy) is 1. The summed E-state index contributed by atoms with van der Waals surface area (Å²) < 4.78 is 4.91. The number of esters is 1. The van der Waals surface area contributed by atoms with E-state index in [1.807, 2.05) is 29.6 Å². The summed E-state index contributed by atoms with van der Waals surface area (Å²) in [4.78, 5) is 24.2. The number of hydrogen-bond acceptors (Lipinski definition) is 7. The molecule has 0 saturated heterocycles. The van der Waals surface area contributed by atoms with E-state index >= 15 is 0 Å². The summed E-state index contributed by atoms with van der Waals surface area (Å²) in [5.74, 6) is 0.289. The van der Waals surface area contributed by atoms with Gasteiger partial charge in [-0.3, -0.25) is 4.79 Å². The molecule has 0 unspecified atom stereocenters. The molecule has 0 saturated carbocycles. The Morgan fingerprint density at radius 2 is 2.13 bits per heavy atom. The van der Waals surface area contributed by atoms with Crippen LogP contribution in [0, 0.1) is 0 Å².